The normalized spacial score (nSPS) is 15.3. The third-order valence-corrected chi connectivity index (χ3v) is 4.19. The topological polar surface area (TPSA) is 75.6 Å². The van der Waals surface area contributed by atoms with Crippen LogP contribution in [0.25, 0.3) is 0 Å². The van der Waals surface area contributed by atoms with Crippen LogP contribution < -0.4 is 10.1 Å². The van der Waals surface area contributed by atoms with Crippen LogP contribution in [-0.2, 0) is 9.59 Å². The number of nitrogens with one attached hydrogen (secondary N) is 1. The van der Waals surface area contributed by atoms with Crippen LogP contribution in [0.5, 0.6) is 5.75 Å². The van der Waals surface area contributed by atoms with Crippen molar-refractivity contribution in [2.45, 2.75) is 30.7 Å². The molecule has 0 spiro atoms. The van der Waals surface area contributed by atoms with Crippen molar-refractivity contribution in [3.8, 4) is 5.75 Å². The summed E-state index contributed by atoms with van der Waals surface area (Å²) in [5, 5.41) is 11.7. The predicted molar refractivity (Wildman–Crippen MR) is 80.6 cm³/mol. The molecule has 0 bridgehead atoms. The van der Waals surface area contributed by atoms with E-state index in [-0.39, 0.29) is 17.6 Å². The van der Waals surface area contributed by atoms with Gasteiger partial charge in [0.05, 0.1) is 12.4 Å². The molecule has 1 aromatic carbocycles. The molecule has 0 radical (unpaired) electrons. The highest BCUT2D eigenvalue weighted by Crippen LogP contribution is 2.32. The third-order valence-electron chi connectivity index (χ3n) is 3.18. The lowest BCUT2D eigenvalue weighted by Crippen LogP contribution is -2.43. The van der Waals surface area contributed by atoms with Crippen molar-refractivity contribution in [3.05, 3.63) is 24.3 Å². The Morgan fingerprint density at radius 2 is 2.05 bits per heavy atom. The fourth-order valence-electron chi connectivity index (χ4n) is 1.97. The molecule has 1 aliphatic carbocycles. The molecule has 114 valence electrons. The fraction of sp³-hybridized carbons (Fsp3) is 0.467. The van der Waals surface area contributed by atoms with Gasteiger partial charge in [-0.15, -0.1) is 11.8 Å². The highest BCUT2D eigenvalue weighted by molar-refractivity contribution is 8.00. The van der Waals surface area contributed by atoms with Crippen LogP contribution in [0.3, 0.4) is 0 Å². The molecular formula is C15H19NO4S. The van der Waals surface area contributed by atoms with Gasteiger partial charge in [0.15, 0.2) is 0 Å². The van der Waals surface area contributed by atoms with Gasteiger partial charge in [-0.3, -0.25) is 4.79 Å². The van der Waals surface area contributed by atoms with Crippen LogP contribution in [0.4, 0.5) is 0 Å². The molecule has 1 amide bonds. The van der Waals surface area contributed by atoms with Gasteiger partial charge in [0.2, 0.25) is 5.91 Å². The molecule has 1 saturated carbocycles. The number of carbonyl (C=O) groups excluding carboxylic acids is 1. The molecule has 1 fully saturated rings. The number of benzene rings is 1. The van der Waals surface area contributed by atoms with E-state index in [9.17, 15) is 9.59 Å². The molecule has 0 aliphatic heterocycles. The highest BCUT2D eigenvalue weighted by atomic mass is 32.2. The summed E-state index contributed by atoms with van der Waals surface area (Å²) in [5.74, 6) is -0.0807. The number of rotatable bonds is 8. The van der Waals surface area contributed by atoms with Crippen molar-refractivity contribution in [1.82, 2.24) is 5.32 Å². The summed E-state index contributed by atoms with van der Waals surface area (Å²) in [4.78, 5) is 23.8. The molecule has 0 saturated heterocycles. The number of carboxylic acids is 1. The third kappa shape index (κ3) is 4.97. The minimum atomic E-state index is -0.947. The number of carboxylic acid groups (broad SMARTS) is 1. The Hall–Kier alpha value is -1.69. The molecule has 2 N–H and O–H groups in total. The lowest BCUT2D eigenvalue weighted by molar-refractivity contribution is -0.142. The Balaban J connectivity index is 1.79. The van der Waals surface area contributed by atoms with Crippen LogP contribution in [-0.4, -0.2) is 35.4 Å². The van der Waals surface area contributed by atoms with E-state index in [1.807, 2.05) is 31.2 Å². The van der Waals surface area contributed by atoms with Crippen molar-refractivity contribution >= 4 is 23.6 Å². The molecular weight excluding hydrogens is 290 g/mol. The number of thioether (sulfide) groups is 1. The number of hydrogen-bond donors (Lipinski definition) is 2. The summed E-state index contributed by atoms with van der Waals surface area (Å²) < 4.78 is 5.34. The zero-order valence-electron chi connectivity index (χ0n) is 11.9. The number of ether oxygens (including phenoxy) is 1. The first-order valence-electron chi connectivity index (χ1n) is 6.98. The molecule has 0 aromatic heterocycles. The molecule has 1 atom stereocenters. The van der Waals surface area contributed by atoms with Gasteiger partial charge in [0.25, 0.3) is 0 Å². The first-order valence-corrected chi connectivity index (χ1v) is 7.96. The summed E-state index contributed by atoms with van der Waals surface area (Å²) >= 11 is 1.38. The van der Waals surface area contributed by atoms with Crippen molar-refractivity contribution in [2.75, 3.05) is 12.4 Å². The van der Waals surface area contributed by atoms with E-state index in [0.717, 1.165) is 23.5 Å². The Morgan fingerprint density at radius 3 is 2.57 bits per heavy atom. The molecule has 21 heavy (non-hydrogen) atoms. The van der Waals surface area contributed by atoms with E-state index in [1.54, 1.807) is 0 Å². The lowest BCUT2D eigenvalue weighted by Gasteiger charge is -2.13. The van der Waals surface area contributed by atoms with E-state index in [1.165, 1.54) is 11.8 Å². The van der Waals surface area contributed by atoms with Gasteiger partial charge in [-0.2, -0.15) is 0 Å². The van der Waals surface area contributed by atoms with E-state index >= 15 is 0 Å². The minimum absolute atomic E-state index is 0.0990. The lowest BCUT2D eigenvalue weighted by atomic mass is 10.2. The maximum Gasteiger partial charge on any atom is 0.326 e. The summed E-state index contributed by atoms with van der Waals surface area (Å²) in [6, 6.07) is 6.75. The Kier molecular flexibility index (Phi) is 5.50. The average Bonchev–Trinajstić information content (AvgIpc) is 3.28. The maximum absolute atomic E-state index is 11.8. The van der Waals surface area contributed by atoms with E-state index in [2.05, 4.69) is 5.32 Å². The number of carbonyl (C=O) groups is 2. The predicted octanol–water partition coefficient (Wildman–Crippen LogP) is 2.16. The second-order valence-electron chi connectivity index (χ2n) is 4.91. The smallest absolute Gasteiger partial charge is 0.326 e. The number of aliphatic carboxylic acids is 1. The largest absolute Gasteiger partial charge is 0.494 e. The van der Waals surface area contributed by atoms with Crippen molar-refractivity contribution < 1.29 is 19.4 Å². The summed E-state index contributed by atoms with van der Waals surface area (Å²) in [6.07, 6.45) is 1.76. The van der Waals surface area contributed by atoms with Crippen LogP contribution in [0, 0.1) is 5.92 Å². The summed E-state index contributed by atoms with van der Waals surface area (Å²) in [7, 11) is 0. The van der Waals surface area contributed by atoms with Crippen LogP contribution >= 0.6 is 11.8 Å². The Labute approximate surface area is 128 Å². The molecule has 0 heterocycles. The van der Waals surface area contributed by atoms with Gasteiger partial charge < -0.3 is 15.2 Å². The Morgan fingerprint density at radius 1 is 1.38 bits per heavy atom. The minimum Gasteiger partial charge on any atom is -0.494 e. The van der Waals surface area contributed by atoms with Gasteiger partial charge in [0.1, 0.15) is 11.8 Å². The van der Waals surface area contributed by atoms with Crippen molar-refractivity contribution in [1.29, 1.82) is 0 Å². The highest BCUT2D eigenvalue weighted by Gasteiger charge is 2.37. The first-order chi connectivity index (χ1) is 10.1. The van der Waals surface area contributed by atoms with Gasteiger partial charge in [-0.25, -0.2) is 4.79 Å². The molecule has 1 unspecified atom stereocenters. The fourth-order valence-corrected chi connectivity index (χ4v) is 2.68. The zero-order valence-corrected chi connectivity index (χ0v) is 12.7. The van der Waals surface area contributed by atoms with Crippen LogP contribution in [0.2, 0.25) is 0 Å². The van der Waals surface area contributed by atoms with Crippen molar-refractivity contribution in [3.63, 3.8) is 0 Å². The standard InChI is InChI=1S/C15H19NO4S/c1-2-20-11-5-7-12(8-6-11)21-9-13(17)16-14(15(18)19)10-3-4-10/h5-8,10,14H,2-4,9H2,1H3,(H,16,17)(H,18,19). The monoisotopic (exact) mass is 309 g/mol. The molecule has 5 nitrogen and oxygen atoms in total. The van der Waals surface area contributed by atoms with E-state index in [0.29, 0.717) is 6.61 Å². The quantitative estimate of drug-likeness (QED) is 0.720. The SMILES string of the molecule is CCOc1ccc(SCC(=O)NC(C(=O)O)C2CC2)cc1. The van der Waals surface area contributed by atoms with Crippen LogP contribution in [0.1, 0.15) is 19.8 Å². The zero-order chi connectivity index (χ0) is 15.2. The molecule has 1 aliphatic rings. The first kappa shape index (κ1) is 15.7. The second kappa shape index (κ2) is 7.36. The van der Waals surface area contributed by atoms with Crippen LogP contribution in [0.15, 0.2) is 29.2 Å². The van der Waals surface area contributed by atoms with Crippen molar-refractivity contribution in [2.24, 2.45) is 5.92 Å². The van der Waals surface area contributed by atoms with Gasteiger partial charge in [-0.1, -0.05) is 0 Å². The summed E-state index contributed by atoms with van der Waals surface area (Å²) in [5.41, 5.74) is 0. The Bertz CT molecular complexity index is 499. The number of hydrogen-bond acceptors (Lipinski definition) is 4. The summed E-state index contributed by atoms with van der Waals surface area (Å²) in [6.45, 7) is 2.54. The average molecular weight is 309 g/mol. The molecule has 6 heteroatoms. The maximum atomic E-state index is 11.8. The van der Waals surface area contributed by atoms with E-state index in [4.69, 9.17) is 9.84 Å². The van der Waals surface area contributed by atoms with E-state index < -0.39 is 12.0 Å². The molecule has 1 aromatic rings. The van der Waals surface area contributed by atoms with Gasteiger partial charge in [0, 0.05) is 4.90 Å². The molecule has 2 rings (SSSR count). The number of amides is 1. The van der Waals surface area contributed by atoms with Gasteiger partial charge in [-0.05, 0) is 49.9 Å². The van der Waals surface area contributed by atoms with Gasteiger partial charge >= 0.3 is 5.97 Å². The second-order valence-corrected chi connectivity index (χ2v) is 5.96.